The molecule has 0 amide bonds. The van der Waals surface area contributed by atoms with Crippen LogP contribution in [0, 0.1) is 0 Å². The number of nitrogens with two attached hydrogens (primary N) is 1. The second-order valence-electron chi connectivity index (χ2n) is 4.69. The Hall–Kier alpha value is -2.51. The van der Waals surface area contributed by atoms with Crippen molar-refractivity contribution in [2.24, 2.45) is 0 Å². The van der Waals surface area contributed by atoms with E-state index in [0.717, 1.165) is 10.9 Å². The first kappa shape index (κ1) is 13.2. The number of nitrogen functional groups attached to an aromatic ring is 1. The lowest BCUT2D eigenvalue weighted by Crippen LogP contribution is -1.99. The second kappa shape index (κ2) is 5.04. The topological polar surface area (TPSA) is 84.7 Å². The summed E-state index contributed by atoms with van der Waals surface area (Å²) in [5.74, 6) is -0.0862. The first-order chi connectivity index (χ1) is 10.7. The molecule has 4 aromatic rings. The van der Waals surface area contributed by atoms with Crippen LogP contribution >= 0.6 is 22.7 Å². The number of hydrogen-bond donors (Lipinski definition) is 2. The van der Waals surface area contributed by atoms with Crippen LogP contribution in [0.15, 0.2) is 41.2 Å². The Morgan fingerprint density at radius 3 is 2.68 bits per heavy atom. The molecule has 0 saturated heterocycles. The number of rotatable bonds is 3. The third-order valence-corrected chi connectivity index (χ3v) is 4.83. The van der Waals surface area contributed by atoms with E-state index >= 15 is 0 Å². The lowest BCUT2D eigenvalue weighted by molar-refractivity contribution is 0.104. The van der Waals surface area contributed by atoms with Gasteiger partial charge in [-0.3, -0.25) is 4.79 Å². The first-order valence-corrected chi connectivity index (χ1v) is 8.26. The van der Waals surface area contributed by atoms with E-state index in [4.69, 9.17) is 5.73 Å². The Morgan fingerprint density at radius 2 is 1.86 bits per heavy atom. The minimum atomic E-state index is -0.0862. The van der Waals surface area contributed by atoms with Crippen LogP contribution in [0.4, 0.5) is 5.13 Å². The minimum Gasteiger partial charge on any atom is -0.375 e. The molecule has 0 fully saturated rings. The smallest absolute Gasteiger partial charge is 0.223 e. The van der Waals surface area contributed by atoms with Crippen molar-refractivity contribution in [1.29, 1.82) is 0 Å². The van der Waals surface area contributed by atoms with Crippen molar-refractivity contribution in [1.82, 2.24) is 15.0 Å². The predicted molar refractivity (Wildman–Crippen MR) is 89.4 cm³/mol. The van der Waals surface area contributed by atoms with Crippen molar-refractivity contribution in [2.75, 3.05) is 5.73 Å². The minimum absolute atomic E-state index is 0.0862. The number of anilines is 1. The molecule has 0 unspecified atom stereocenters. The number of para-hydroxylation sites is 1. The third kappa shape index (κ3) is 2.11. The van der Waals surface area contributed by atoms with Gasteiger partial charge in [0.1, 0.15) is 11.4 Å². The van der Waals surface area contributed by atoms with E-state index in [-0.39, 0.29) is 5.78 Å². The normalized spacial score (nSPS) is 11.1. The Kier molecular flexibility index (Phi) is 3.02. The maximum atomic E-state index is 12.7. The summed E-state index contributed by atoms with van der Waals surface area (Å²) in [4.78, 5) is 24.4. The molecule has 0 bridgehead atoms. The summed E-state index contributed by atoms with van der Waals surface area (Å²) in [6.07, 6.45) is 1.73. The fourth-order valence-corrected chi connectivity index (χ4v) is 3.60. The predicted octanol–water partition coefficient (Wildman–Crippen LogP) is 3.56. The summed E-state index contributed by atoms with van der Waals surface area (Å²) in [6.45, 7) is 0. The van der Waals surface area contributed by atoms with Gasteiger partial charge in [-0.05, 0) is 6.07 Å². The van der Waals surface area contributed by atoms with Gasteiger partial charge in [-0.2, -0.15) is 0 Å². The van der Waals surface area contributed by atoms with Crippen molar-refractivity contribution in [3.05, 3.63) is 51.8 Å². The second-order valence-corrected chi connectivity index (χ2v) is 6.43. The number of hydrogen-bond acceptors (Lipinski definition) is 6. The molecule has 0 radical (unpaired) electrons. The molecule has 0 aliphatic rings. The summed E-state index contributed by atoms with van der Waals surface area (Å²) in [6, 6.07) is 7.71. The molecule has 0 aliphatic carbocycles. The molecule has 22 heavy (non-hydrogen) atoms. The summed E-state index contributed by atoms with van der Waals surface area (Å²) < 4.78 is 0. The van der Waals surface area contributed by atoms with Gasteiger partial charge in [0, 0.05) is 27.9 Å². The summed E-state index contributed by atoms with van der Waals surface area (Å²) in [5, 5.41) is 5.52. The average Bonchev–Trinajstić information content (AvgIpc) is 3.25. The molecule has 3 aromatic heterocycles. The molecular formula is C15H10N4OS2. The maximum absolute atomic E-state index is 12.7. The molecule has 108 valence electrons. The number of benzene rings is 1. The van der Waals surface area contributed by atoms with Gasteiger partial charge in [-0.1, -0.05) is 18.2 Å². The van der Waals surface area contributed by atoms with Crippen LogP contribution in [0.1, 0.15) is 15.4 Å². The highest BCUT2D eigenvalue weighted by atomic mass is 32.1. The van der Waals surface area contributed by atoms with Gasteiger partial charge in [0.2, 0.25) is 5.78 Å². The number of fused-ring (bicyclic) bond motifs is 1. The Morgan fingerprint density at radius 1 is 1.09 bits per heavy atom. The molecule has 0 aliphatic heterocycles. The lowest BCUT2D eigenvalue weighted by Gasteiger charge is -1.95. The SMILES string of the molecule is Nc1nc(-c2csc(C(=O)c3c[nH]c4ccccc34)n2)cs1. The van der Waals surface area contributed by atoms with Crippen molar-refractivity contribution < 1.29 is 4.79 Å². The highest BCUT2D eigenvalue weighted by Gasteiger charge is 2.18. The van der Waals surface area contributed by atoms with E-state index in [1.807, 2.05) is 35.0 Å². The zero-order valence-corrected chi connectivity index (χ0v) is 12.9. The van der Waals surface area contributed by atoms with Gasteiger partial charge in [-0.25, -0.2) is 9.97 Å². The number of carbonyl (C=O) groups excluding carboxylic acids is 1. The zero-order chi connectivity index (χ0) is 15.1. The van der Waals surface area contributed by atoms with E-state index in [1.165, 1.54) is 22.7 Å². The molecule has 5 nitrogen and oxygen atoms in total. The van der Waals surface area contributed by atoms with Crippen molar-refractivity contribution in [2.45, 2.75) is 0 Å². The Labute approximate surface area is 133 Å². The van der Waals surface area contributed by atoms with E-state index in [0.29, 0.717) is 27.1 Å². The van der Waals surface area contributed by atoms with Crippen LogP contribution in [0.5, 0.6) is 0 Å². The van der Waals surface area contributed by atoms with Crippen LogP contribution in [0.25, 0.3) is 22.3 Å². The van der Waals surface area contributed by atoms with Crippen molar-refractivity contribution in [3.63, 3.8) is 0 Å². The highest BCUT2D eigenvalue weighted by molar-refractivity contribution is 7.14. The molecule has 0 spiro atoms. The van der Waals surface area contributed by atoms with Crippen LogP contribution in [0.3, 0.4) is 0 Å². The largest absolute Gasteiger partial charge is 0.375 e. The molecular weight excluding hydrogens is 316 g/mol. The molecule has 7 heteroatoms. The number of aromatic nitrogens is 3. The number of H-pyrrole nitrogens is 1. The number of thiazole rings is 2. The molecule has 4 rings (SSSR count). The summed E-state index contributed by atoms with van der Waals surface area (Å²) in [7, 11) is 0. The van der Waals surface area contributed by atoms with Gasteiger partial charge >= 0.3 is 0 Å². The summed E-state index contributed by atoms with van der Waals surface area (Å²) >= 11 is 2.68. The van der Waals surface area contributed by atoms with Crippen molar-refractivity contribution >= 4 is 44.5 Å². The molecule has 3 heterocycles. The van der Waals surface area contributed by atoms with Crippen LogP contribution in [-0.4, -0.2) is 20.7 Å². The summed E-state index contributed by atoms with van der Waals surface area (Å²) in [5.41, 5.74) is 8.59. The van der Waals surface area contributed by atoms with Crippen molar-refractivity contribution in [3.8, 4) is 11.4 Å². The standard InChI is InChI=1S/C15H10N4OS2/c16-15-19-12(7-22-15)11-6-21-14(18-11)13(20)9-5-17-10-4-2-1-3-8(9)10/h1-7,17H,(H2,16,19). The molecule has 1 aromatic carbocycles. The third-order valence-electron chi connectivity index (χ3n) is 3.32. The zero-order valence-electron chi connectivity index (χ0n) is 11.2. The number of ketones is 1. The van der Waals surface area contributed by atoms with Crippen LogP contribution in [0.2, 0.25) is 0 Å². The van der Waals surface area contributed by atoms with E-state index in [9.17, 15) is 4.79 Å². The van der Waals surface area contributed by atoms with Crippen LogP contribution in [-0.2, 0) is 0 Å². The van der Waals surface area contributed by atoms with Crippen LogP contribution < -0.4 is 5.73 Å². The fraction of sp³-hybridized carbons (Fsp3) is 0. The monoisotopic (exact) mass is 326 g/mol. The first-order valence-electron chi connectivity index (χ1n) is 6.50. The molecule has 0 atom stereocenters. The number of aromatic amines is 1. The van der Waals surface area contributed by atoms with Gasteiger partial charge in [0.25, 0.3) is 0 Å². The van der Waals surface area contributed by atoms with Gasteiger partial charge < -0.3 is 10.7 Å². The molecule has 3 N–H and O–H groups in total. The molecule has 0 saturated carbocycles. The maximum Gasteiger partial charge on any atom is 0.223 e. The van der Waals surface area contributed by atoms with E-state index in [1.54, 1.807) is 6.20 Å². The van der Waals surface area contributed by atoms with Gasteiger partial charge in [0.05, 0.1) is 5.56 Å². The lowest BCUT2D eigenvalue weighted by atomic mass is 10.1. The Balaban J connectivity index is 1.73. The van der Waals surface area contributed by atoms with E-state index in [2.05, 4.69) is 15.0 Å². The highest BCUT2D eigenvalue weighted by Crippen LogP contribution is 2.27. The fourth-order valence-electron chi connectivity index (χ4n) is 2.28. The quantitative estimate of drug-likeness (QED) is 0.564. The Bertz CT molecular complexity index is 982. The number of carbonyl (C=O) groups is 1. The van der Waals surface area contributed by atoms with E-state index < -0.39 is 0 Å². The number of nitrogens with one attached hydrogen (secondary N) is 1. The van der Waals surface area contributed by atoms with Gasteiger partial charge in [-0.15, -0.1) is 22.7 Å². The average molecular weight is 326 g/mol. The number of nitrogens with zero attached hydrogens (tertiary/aromatic N) is 2. The van der Waals surface area contributed by atoms with Gasteiger partial charge in [0.15, 0.2) is 10.1 Å².